The maximum atomic E-state index is 12.0. The van der Waals surface area contributed by atoms with Crippen molar-refractivity contribution < 1.29 is 26.3 Å². The highest BCUT2D eigenvalue weighted by Crippen LogP contribution is 2.27. The number of hydrogen-bond acceptors (Lipinski definition) is 4. The molecule has 0 aliphatic heterocycles. The predicted octanol–water partition coefficient (Wildman–Crippen LogP) is 1.51. The number of H-pyrrole nitrogens is 1. The van der Waals surface area contributed by atoms with Crippen LogP contribution in [0.3, 0.4) is 0 Å². The van der Waals surface area contributed by atoms with Crippen LogP contribution in [0, 0.1) is 6.92 Å². The minimum Gasteiger partial charge on any atom is -0.388 e. The Hall–Kier alpha value is -1.22. The van der Waals surface area contributed by atoms with Gasteiger partial charge in [-0.2, -0.15) is 0 Å². The van der Waals surface area contributed by atoms with Gasteiger partial charge in [-0.3, -0.25) is 4.79 Å². The highest BCUT2D eigenvalue weighted by Gasteiger charge is 2.35. The molecule has 0 aliphatic carbocycles. The number of rotatable bonds is 2. The van der Waals surface area contributed by atoms with Crippen LogP contribution in [0.4, 0.5) is 13.2 Å². The fourth-order valence-electron chi connectivity index (χ4n) is 1.06. The van der Waals surface area contributed by atoms with Crippen molar-refractivity contribution in [3.63, 3.8) is 0 Å². The van der Waals surface area contributed by atoms with E-state index < -0.39 is 31.6 Å². The first-order valence-corrected chi connectivity index (χ1v) is 6.26. The molecule has 0 saturated heterocycles. The summed E-state index contributed by atoms with van der Waals surface area (Å²) in [6.45, 7) is 1.26. The number of ether oxygens (including phenoxy) is 1. The molecule has 0 aliphatic rings. The van der Waals surface area contributed by atoms with Gasteiger partial charge in [-0.1, -0.05) is 0 Å². The van der Waals surface area contributed by atoms with Gasteiger partial charge >= 0.3 is 6.36 Å². The van der Waals surface area contributed by atoms with Crippen molar-refractivity contribution in [2.45, 2.75) is 18.2 Å². The number of alkyl halides is 3. The molecule has 10 heteroatoms. The van der Waals surface area contributed by atoms with E-state index in [4.69, 9.17) is 10.7 Å². The van der Waals surface area contributed by atoms with Gasteiger partial charge in [-0.15, -0.1) is 13.2 Å². The van der Waals surface area contributed by atoms with Crippen LogP contribution >= 0.6 is 10.7 Å². The molecule has 1 N–H and O–H groups in total. The van der Waals surface area contributed by atoms with Gasteiger partial charge in [0.25, 0.3) is 9.05 Å². The summed E-state index contributed by atoms with van der Waals surface area (Å²) in [4.78, 5) is 12.0. The first-order valence-electron chi connectivity index (χ1n) is 3.95. The van der Waals surface area contributed by atoms with Crippen molar-refractivity contribution in [3.05, 3.63) is 22.0 Å². The van der Waals surface area contributed by atoms with Crippen molar-refractivity contribution in [2.75, 3.05) is 0 Å². The van der Waals surface area contributed by atoms with Gasteiger partial charge in [-0.05, 0) is 6.92 Å². The van der Waals surface area contributed by atoms with Gasteiger partial charge in [0.1, 0.15) is 0 Å². The normalized spacial score (nSPS) is 12.5. The quantitative estimate of drug-likeness (QED) is 0.838. The third-order valence-corrected chi connectivity index (χ3v) is 2.89. The fraction of sp³-hybridized carbons (Fsp3) is 0.286. The van der Waals surface area contributed by atoms with Gasteiger partial charge in [-0.25, -0.2) is 8.42 Å². The molecule has 1 rings (SSSR count). The number of nitrogens with one attached hydrogen (secondary N) is 1. The van der Waals surface area contributed by atoms with E-state index in [1.54, 1.807) is 0 Å². The Balaban J connectivity index is 3.53. The van der Waals surface area contributed by atoms with Crippen molar-refractivity contribution in [3.8, 4) is 5.88 Å². The summed E-state index contributed by atoms with van der Waals surface area (Å²) >= 11 is 0. The third kappa shape index (κ3) is 3.63. The maximum absolute atomic E-state index is 12.0. The summed E-state index contributed by atoms with van der Waals surface area (Å²) in [5, 5.41) is 0. The standard InChI is InChI=1S/C7H5ClF3NO4S/c1-3-2-4(13)5(17(8,14)15)6(12-3)16-7(9,10)11/h2H,1H3,(H,12,13). The highest BCUT2D eigenvalue weighted by atomic mass is 35.7. The van der Waals surface area contributed by atoms with Crippen LogP contribution in [-0.2, 0) is 9.05 Å². The van der Waals surface area contributed by atoms with E-state index in [1.165, 1.54) is 6.92 Å². The molecule has 0 spiro atoms. The summed E-state index contributed by atoms with van der Waals surface area (Å²) in [7, 11) is 0.205. The SMILES string of the molecule is Cc1cc(=O)c(S(=O)(=O)Cl)c(OC(F)(F)F)[nH]1. The molecule has 0 bridgehead atoms. The lowest BCUT2D eigenvalue weighted by Crippen LogP contribution is -2.23. The van der Waals surface area contributed by atoms with Crippen LogP contribution in [0.15, 0.2) is 15.8 Å². The zero-order chi connectivity index (χ0) is 13.4. The topological polar surface area (TPSA) is 76.2 Å². The Labute approximate surface area is 97.6 Å². The highest BCUT2D eigenvalue weighted by molar-refractivity contribution is 8.13. The van der Waals surface area contributed by atoms with Crippen LogP contribution in [0.2, 0.25) is 0 Å². The van der Waals surface area contributed by atoms with E-state index in [0.29, 0.717) is 0 Å². The first-order chi connectivity index (χ1) is 7.50. The molecule has 0 saturated carbocycles. The van der Waals surface area contributed by atoms with E-state index in [-0.39, 0.29) is 5.69 Å². The molecule has 1 aromatic rings. The van der Waals surface area contributed by atoms with Gasteiger partial charge in [0, 0.05) is 22.4 Å². The molecule has 0 fully saturated rings. The second-order valence-corrected chi connectivity index (χ2v) is 5.46. The van der Waals surface area contributed by atoms with Crippen LogP contribution in [-0.4, -0.2) is 19.8 Å². The number of hydrogen-bond donors (Lipinski definition) is 1. The van der Waals surface area contributed by atoms with E-state index in [1.807, 2.05) is 4.98 Å². The molecule has 5 nitrogen and oxygen atoms in total. The average Bonchev–Trinajstić information content (AvgIpc) is 1.94. The van der Waals surface area contributed by atoms with E-state index >= 15 is 0 Å². The molecule has 0 atom stereocenters. The van der Waals surface area contributed by atoms with Gasteiger partial charge in [0.05, 0.1) is 0 Å². The van der Waals surface area contributed by atoms with Crippen LogP contribution < -0.4 is 10.2 Å². The maximum Gasteiger partial charge on any atom is 0.574 e. The minimum atomic E-state index is -5.15. The number of halogens is 4. The zero-order valence-corrected chi connectivity index (χ0v) is 9.70. The van der Waals surface area contributed by atoms with Crippen LogP contribution in [0.25, 0.3) is 0 Å². The van der Waals surface area contributed by atoms with Crippen LogP contribution in [0.1, 0.15) is 5.69 Å². The third-order valence-electron chi connectivity index (χ3n) is 1.55. The van der Waals surface area contributed by atoms with E-state index in [0.717, 1.165) is 6.07 Å². The molecule has 17 heavy (non-hydrogen) atoms. The second kappa shape index (κ2) is 4.22. The molecule has 0 aromatic carbocycles. The smallest absolute Gasteiger partial charge is 0.388 e. The first kappa shape index (κ1) is 13.8. The van der Waals surface area contributed by atoms with Crippen molar-refractivity contribution >= 4 is 19.7 Å². The average molecular weight is 292 g/mol. The zero-order valence-electron chi connectivity index (χ0n) is 8.13. The van der Waals surface area contributed by atoms with E-state index in [9.17, 15) is 26.4 Å². The number of pyridine rings is 1. The summed E-state index contributed by atoms with van der Waals surface area (Å²) < 4.78 is 61.3. The lowest BCUT2D eigenvalue weighted by molar-refractivity contribution is -0.277. The van der Waals surface area contributed by atoms with Gasteiger partial charge < -0.3 is 9.72 Å². The number of aryl methyl sites for hydroxylation is 1. The number of aromatic nitrogens is 1. The van der Waals surface area contributed by atoms with Crippen molar-refractivity contribution in [1.82, 2.24) is 4.98 Å². The molecule has 1 heterocycles. The summed E-state index contributed by atoms with van der Waals surface area (Å²) in [5.74, 6) is -1.25. The molecular weight excluding hydrogens is 287 g/mol. The Morgan fingerprint density at radius 3 is 2.35 bits per heavy atom. The monoisotopic (exact) mass is 291 g/mol. The fourth-order valence-corrected chi connectivity index (χ4v) is 2.12. The van der Waals surface area contributed by atoms with Crippen molar-refractivity contribution in [1.29, 1.82) is 0 Å². The molecular formula is C7H5ClF3NO4S. The number of aromatic amines is 1. The van der Waals surface area contributed by atoms with Crippen molar-refractivity contribution in [2.24, 2.45) is 0 Å². The molecule has 96 valence electrons. The molecule has 0 amide bonds. The summed E-state index contributed by atoms with van der Waals surface area (Å²) in [6, 6.07) is 0.790. The summed E-state index contributed by atoms with van der Waals surface area (Å²) in [6.07, 6.45) is -5.15. The Kier molecular flexibility index (Phi) is 3.44. The lowest BCUT2D eigenvalue weighted by atomic mass is 10.4. The van der Waals surface area contributed by atoms with Gasteiger partial charge in [0.15, 0.2) is 4.90 Å². The summed E-state index contributed by atoms with van der Waals surface area (Å²) in [5.41, 5.74) is -1.19. The van der Waals surface area contributed by atoms with Crippen LogP contribution in [0.5, 0.6) is 5.88 Å². The lowest BCUT2D eigenvalue weighted by Gasteiger charge is -2.11. The Morgan fingerprint density at radius 2 is 1.94 bits per heavy atom. The van der Waals surface area contributed by atoms with E-state index in [2.05, 4.69) is 4.74 Å². The largest absolute Gasteiger partial charge is 0.574 e. The molecule has 0 unspecified atom stereocenters. The second-order valence-electron chi connectivity index (χ2n) is 2.96. The Bertz CT molecular complexity index is 592. The molecule has 1 aromatic heterocycles. The van der Waals surface area contributed by atoms with Gasteiger partial charge in [0.2, 0.25) is 11.3 Å². The minimum absolute atomic E-state index is 0.00156. The molecule has 0 radical (unpaired) electrons. The predicted molar refractivity (Wildman–Crippen MR) is 51.5 cm³/mol. The Morgan fingerprint density at radius 1 is 1.41 bits per heavy atom.